The first kappa shape index (κ1) is 26.6. The summed E-state index contributed by atoms with van der Waals surface area (Å²) in [4.78, 5) is 31.8. The van der Waals surface area contributed by atoms with Crippen molar-refractivity contribution in [1.82, 2.24) is 24.8 Å². The second kappa shape index (κ2) is 10.5. The highest BCUT2D eigenvalue weighted by molar-refractivity contribution is 5.68. The van der Waals surface area contributed by atoms with Gasteiger partial charge in [-0.25, -0.2) is 19.7 Å². The SMILES string of the molecule is CC(C)(C)OC(=O)N1CCC(Oc2cc(-c3cnc(N)nc3C(F)(F)F)nc(N3CCOCC3)n2)CC1. The molecule has 2 aliphatic rings. The van der Waals surface area contributed by atoms with Crippen LogP contribution in [0.5, 0.6) is 5.88 Å². The Labute approximate surface area is 212 Å². The van der Waals surface area contributed by atoms with E-state index in [0.717, 1.165) is 6.20 Å². The zero-order chi connectivity index (χ0) is 26.8. The van der Waals surface area contributed by atoms with E-state index in [1.165, 1.54) is 6.07 Å². The van der Waals surface area contributed by atoms with Crippen molar-refractivity contribution in [3.63, 3.8) is 0 Å². The minimum atomic E-state index is -4.77. The van der Waals surface area contributed by atoms with Crippen molar-refractivity contribution < 1.29 is 32.2 Å². The standard InChI is InChI=1S/C23H30F3N7O4/c1-22(2,3)37-21(34)33-6-4-14(5-7-33)36-17-12-16(29-20(30-17)32-8-10-35-11-9-32)15-13-28-19(27)31-18(15)23(24,25)26/h12-14H,4-11H2,1-3H3,(H2,27,28,31). The van der Waals surface area contributed by atoms with E-state index in [2.05, 4.69) is 19.9 Å². The van der Waals surface area contributed by atoms with Gasteiger partial charge in [-0.2, -0.15) is 18.2 Å². The molecular weight excluding hydrogens is 495 g/mol. The Balaban J connectivity index is 1.59. The minimum Gasteiger partial charge on any atom is -0.474 e. The van der Waals surface area contributed by atoms with E-state index in [4.69, 9.17) is 19.9 Å². The van der Waals surface area contributed by atoms with Gasteiger partial charge in [0.2, 0.25) is 17.8 Å². The molecule has 0 unspecified atom stereocenters. The molecule has 0 spiro atoms. The van der Waals surface area contributed by atoms with Gasteiger partial charge in [-0.15, -0.1) is 0 Å². The number of nitrogens with two attached hydrogens (primary N) is 1. The smallest absolute Gasteiger partial charge is 0.434 e. The van der Waals surface area contributed by atoms with Gasteiger partial charge in [-0.3, -0.25) is 0 Å². The van der Waals surface area contributed by atoms with Crippen molar-refractivity contribution in [2.45, 2.75) is 51.5 Å². The van der Waals surface area contributed by atoms with E-state index in [-0.39, 0.29) is 29.2 Å². The number of aromatic nitrogens is 4. The molecule has 14 heteroatoms. The molecule has 4 rings (SSSR count). The summed E-state index contributed by atoms with van der Waals surface area (Å²) >= 11 is 0. The number of morpholine rings is 1. The molecule has 2 aromatic rings. The van der Waals surface area contributed by atoms with Gasteiger partial charge in [0.05, 0.1) is 18.9 Å². The van der Waals surface area contributed by atoms with Crippen LogP contribution < -0.4 is 15.4 Å². The Morgan fingerprint density at radius 2 is 1.76 bits per heavy atom. The molecule has 0 aliphatic carbocycles. The maximum absolute atomic E-state index is 13.8. The van der Waals surface area contributed by atoms with Crippen molar-refractivity contribution in [3.05, 3.63) is 18.0 Å². The van der Waals surface area contributed by atoms with Crippen LogP contribution in [0.4, 0.5) is 29.9 Å². The van der Waals surface area contributed by atoms with Crippen LogP contribution in [0.1, 0.15) is 39.3 Å². The average Bonchev–Trinajstić information content (AvgIpc) is 2.83. The summed E-state index contributed by atoms with van der Waals surface area (Å²) in [5, 5.41) is 0. The summed E-state index contributed by atoms with van der Waals surface area (Å²) in [6.45, 7) is 8.05. The fourth-order valence-corrected chi connectivity index (χ4v) is 3.97. The Morgan fingerprint density at radius 1 is 1.08 bits per heavy atom. The van der Waals surface area contributed by atoms with Crippen molar-refractivity contribution in [3.8, 4) is 17.1 Å². The van der Waals surface area contributed by atoms with E-state index in [1.54, 1.807) is 25.7 Å². The predicted octanol–water partition coefficient (Wildman–Crippen LogP) is 3.15. The zero-order valence-corrected chi connectivity index (χ0v) is 20.9. The summed E-state index contributed by atoms with van der Waals surface area (Å²) in [7, 11) is 0. The number of nitrogens with zero attached hydrogens (tertiary/aromatic N) is 6. The number of alkyl halides is 3. The molecule has 2 N–H and O–H groups in total. The van der Waals surface area contributed by atoms with E-state index >= 15 is 0 Å². The third-order valence-electron chi connectivity index (χ3n) is 5.72. The summed E-state index contributed by atoms with van der Waals surface area (Å²) in [5.74, 6) is -0.161. The fraction of sp³-hybridized carbons (Fsp3) is 0.609. The summed E-state index contributed by atoms with van der Waals surface area (Å²) in [6, 6.07) is 1.34. The van der Waals surface area contributed by atoms with E-state index in [0.29, 0.717) is 52.2 Å². The topological polar surface area (TPSA) is 129 Å². The van der Waals surface area contributed by atoms with Crippen LogP contribution in [0.15, 0.2) is 12.3 Å². The number of nitrogen functional groups attached to an aromatic ring is 1. The summed E-state index contributed by atoms with van der Waals surface area (Å²) < 4.78 is 58.2. The van der Waals surface area contributed by atoms with Crippen LogP contribution in [-0.4, -0.2) is 82.0 Å². The van der Waals surface area contributed by atoms with Crippen molar-refractivity contribution >= 4 is 18.0 Å². The first-order valence-electron chi connectivity index (χ1n) is 12.0. The molecular formula is C23H30F3N7O4. The number of ether oxygens (including phenoxy) is 3. The van der Waals surface area contributed by atoms with Gasteiger partial charge >= 0.3 is 12.3 Å². The van der Waals surface area contributed by atoms with Crippen LogP contribution >= 0.6 is 0 Å². The molecule has 2 fully saturated rings. The number of piperidine rings is 1. The second-order valence-corrected chi connectivity index (χ2v) is 9.76. The number of amides is 1. The quantitative estimate of drug-likeness (QED) is 0.636. The monoisotopic (exact) mass is 525 g/mol. The van der Waals surface area contributed by atoms with Gasteiger partial charge in [0.15, 0.2) is 5.69 Å². The summed E-state index contributed by atoms with van der Waals surface area (Å²) in [5.41, 5.74) is 3.27. The molecule has 2 saturated heterocycles. The third kappa shape index (κ3) is 6.87. The van der Waals surface area contributed by atoms with Gasteiger partial charge in [0.1, 0.15) is 11.7 Å². The Kier molecular flexibility index (Phi) is 7.57. The highest BCUT2D eigenvalue weighted by Gasteiger charge is 2.37. The van der Waals surface area contributed by atoms with Gasteiger partial charge in [-0.1, -0.05) is 0 Å². The van der Waals surface area contributed by atoms with Crippen LogP contribution in [0.25, 0.3) is 11.3 Å². The highest BCUT2D eigenvalue weighted by atomic mass is 19.4. The number of hydrogen-bond donors (Lipinski definition) is 1. The molecule has 4 heterocycles. The van der Waals surface area contributed by atoms with E-state index in [9.17, 15) is 18.0 Å². The van der Waals surface area contributed by atoms with Crippen LogP contribution in [0.3, 0.4) is 0 Å². The van der Waals surface area contributed by atoms with Gasteiger partial charge in [-0.05, 0) is 20.8 Å². The van der Waals surface area contributed by atoms with Crippen LogP contribution in [0, 0.1) is 0 Å². The van der Waals surface area contributed by atoms with Gasteiger partial charge < -0.3 is 29.7 Å². The number of hydrogen-bond acceptors (Lipinski definition) is 10. The normalized spacial score (nSPS) is 17.6. The van der Waals surface area contributed by atoms with Crippen molar-refractivity contribution in [1.29, 1.82) is 0 Å². The summed E-state index contributed by atoms with van der Waals surface area (Å²) in [6.07, 6.45) is -3.46. The molecule has 2 aliphatic heterocycles. The number of halogens is 3. The lowest BCUT2D eigenvalue weighted by atomic mass is 10.1. The van der Waals surface area contributed by atoms with Crippen LogP contribution in [-0.2, 0) is 15.7 Å². The van der Waals surface area contributed by atoms with Gasteiger partial charge in [0.25, 0.3) is 0 Å². The molecule has 11 nitrogen and oxygen atoms in total. The fourth-order valence-electron chi connectivity index (χ4n) is 3.97. The maximum Gasteiger partial charge on any atom is 0.434 e. The molecule has 202 valence electrons. The Hall–Kier alpha value is -3.42. The largest absolute Gasteiger partial charge is 0.474 e. The molecule has 0 bridgehead atoms. The average molecular weight is 526 g/mol. The predicted molar refractivity (Wildman–Crippen MR) is 127 cm³/mol. The van der Waals surface area contributed by atoms with E-state index < -0.39 is 29.5 Å². The second-order valence-electron chi connectivity index (χ2n) is 9.76. The number of carbonyl (C=O) groups excluding carboxylic acids is 1. The van der Waals surface area contributed by atoms with Gasteiger partial charge in [0, 0.05) is 56.8 Å². The number of likely N-dealkylation sites (tertiary alicyclic amines) is 1. The van der Waals surface area contributed by atoms with Crippen molar-refractivity contribution in [2.24, 2.45) is 0 Å². The first-order valence-corrected chi connectivity index (χ1v) is 12.0. The zero-order valence-electron chi connectivity index (χ0n) is 20.9. The Bertz CT molecular complexity index is 1110. The number of anilines is 2. The molecule has 37 heavy (non-hydrogen) atoms. The molecule has 0 radical (unpaired) electrons. The lowest BCUT2D eigenvalue weighted by Crippen LogP contribution is -2.44. The lowest BCUT2D eigenvalue weighted by molar-refractivity contribution is -0.140. The number of rotatable bonds is 4. The van der Waals surface area contributed by atoms with Crippen LogP contribution in [0.2, 0.25) is 0 Å². The molecule has 0 saturated carbocycles. The molecule has 0 atom stereocenters. The maximum atomic E-state index is 13.8. The van der Waals surface area contributed by atoms with Crippen molar-refractivity contribution in [2.75, 3.05) is 50.0 Å². The highest BCUT2D eigenvalue weighted by Crippen LogP contribution is 2.36. The van der Waals surface area contributed by atoms with E-state index in [1.807, 2.05) is 4.90 Å². The molecule has 2 aromatic heterocycles. The third-order valence-corrected chi connectivity index (χ3v) is 5.72. The Morgan fingerprint density at radius 3 is 2.38 bits per heavy atom. The minimum absolute atomic E-state index is 0.0370. The molecule has 0 aromatic carbocycles. The lowest BCUT2D eigenvalue weighted by Gasteiger charge is -2.33. The number of carbonyl (C=O) groups is 1. The molecule has 1 amide bonds. The first-order chi connectivity index (χ1) is 17.4.